The van der Waals surface area contributed by atoms with Crippen LogP contribution in [0.3, 0.4) is 0 Å². The highest BCUT2D eigenvalue weighted by Crippen LogP contribution is 2.45. The molecule has 1 atom stereocenters. The predicted octanol–water partition coefficient (Wildman–Crippen LogP) is 1.18. The van der Waals surface area contributed by atoms with Gasteiger partial charge in [-0.25, -0.2) is 4.79 Å². The molecule has 1 aromatic rings. The van der Waals surface area contributed by atoms with Crippen molar-refractivity contribution in [3.63, 3.8) is 0 Å². The molecule has 1 aromatic carbocycles. The SMILES string of the molecule is COc1cc(Cl)c(O)c(C(O)C(=O)O)c1OC. The van der Waals surface area contributed by atoms with Crippen molar-refractivity contribution in [3.05, 3.63) is 16.7 Å². The van der Waals surface area contributed by atoms with Crippen LogP contribution < -0.4 is 9.47 Å². The van der Waals surface area contributed by atoms with Gasteiger partial charge in [0.25, 0.3) is 0 Å². The van der Waals surface area contributed by atoms with Gasteiger partial charge in [-0.15, -0.1) is 0 Å². The third-order valence-electron chi connectivity index (χ3n) is 2.14. The van der Waals surface area contributed by atoms with Gasteiger partial charge in [-0.3, -0.25) is 0 Å². The number of halogens is 1. The van der Waals surface area contributed by atoms with Crippen molar-refractivity contribution >= 4 is 17.6 Å². The third kappa shape index (κ3) is 2.37. The maximum atomic E-state index is 10.7. The molecule has 0 aliphatic carbocycles. The fourth-order valence-corrected chi connectivity index (χ4v) is 1.56. The second-order valence-electron chi connectivity index (χ2n) is 3.10. The van der Waals surface area contributed by atoms with Crippen LogP contribution in [0.5, 0.6) is 17.2 Å². The minimum absolute atomic E-state index is 0.0794. The summed E-state index contributed by atoms with van der Waals surface area (Å²) in [7, 11) is 2.57. The summed E-state index contributed by atoms with van der Waals surface area (Å²) in [6.45, 7) is 0. The van der Waals surface area contributed by atoms with Gasteiger partial charge in [0.05, 0.1) is 24.8 Å². The number of hydrogen-bond acceptors (Lipinski definition) is 5. The van der Waals surface area contributed by atoms with Crippen molar-refractivity contribution in [1.82, 2.24) is 0 Å². The van der Waals surface area contributed by atoms with E-state index in [1.54, 1.807) is 0 Å². The normalized spacial score (nSPS) is 12.0. The first-order valence-electron chi connectivity index (χ1n) is 4.48. The Morgan fingerprint density at radius 2 is 2.00 bits per heavy atom. The minimum atomic E-state index is -1.96. The molecule has 3 N–H and O–H groups in total. The van der Waals surface area contributed by atoms with Crippen molar-refractivity contribution in [2.24, 2.45) is 0 Å². The molecule has 0 fully saturated rings. The number of hydrogen-bond donors (Lipinski definition) is 3. The summed E-state index contributed by atoms with van der Waals surface area (Å²) in [4.78, 5) is 10.7. The van der Waals surface area contributed by atoms with E-state index in [1.807, 2.05) is 0 Å². The highest BCUT2D eigenvalue weighted by atomic mass is 35.5. The molecule has 7 heteroatoms. The summed E-state index contributed by atoms with van der Waals surface area (Å²) in [5.41, 5.74) is -0.343. The van der Waals surface area contributed by atoms with E-state index in [0.29, 0.717) is 0 Å². The fraction of sp³-hybridized carbons (Fsp3) is 0.300. The first-order valence-corrected chi connectivity index (χ1v) is 4.86. The molecule has 0 bridgehead atoms. The number of aliphatic carboxylic acids is 1. The summed E-state index contributed by atoms with van der Waals surface area (Å²) in [6.07, 6.45) is -1.96. The Kier molecular flexibility index (Phi) is 4.03. The molecule has 0 spiro atoms. The van der Waals surface area contributed by atoms with Gasteiger partial charge >= 0.3 is 5.97 Å². The number of aliphatic hydroxyl groups excluding tert-OH is 1. The lowest BCUT2D eigenvalue weighted by molar-refractivity contribution is -0.147. The van der Waals surface area contributed by atoms with Gasteiger partial charge in [0, 0.05) is 6.07 Å². The molecule has 0 aliphatic rings. The van der Waals surface area contributed by atoms with Gasteiger partial charge in [0.15, 0.2) is 17.6 Å². The lowest BCUT2D eigenvalue weighted by Crippen LogP contribution is -2.12. The van der Waals surface area contributed by atoms with E-state index in [1.165, 1.54) is 20.3 Å². The van der Waals surface area contributed by atoms with Crippen LogP contribution in [0.15, 0.2) is 6.07 Å². The number of methoxy groups -OCH3 is 2. The second-order valence-corrected chi connectivity index (χ2v) is 3.50. The van der Waals surface area contributed by atoms with E-state index in [2.05, 4.69) is 0 Å². The standard InChI is InChI=1S/C10H11ClO6/c1-16-5-3-4(11)7(12)6(9(5)17-2)8(13)10(14)15/h3,8,12-13H,1-2H3,(H,14,15). The molecule has 94 valence electrons. The van der Waals surface area contributed by atoms with Crippen LogP contribution in [-0.2, 0) is 4.79 Å². The van der Waals surface area contributed by atoms with E-state index in [0.717, 1.165) is 0 Å². The molecule has 6 nitrogen and oxygen atoms in total. The van der Waals surface area contributed by atoms with Gasteiger partial charge in [-0.2, -0.15) is 0 Å². The zero-order chi connectivity index (χ0) is 13.2. The number of benzene rings is 1. The Morgan fingerprint density at radius 3 is 2.41 bits per heavy atom. The zero-order valence-electron chi connectivity index (χ0n) is 9.10. The van der Waals surface area contributed by atoms with Crippen LogP contribution in [0.25, 0.3) is 0 Å². The summed E-state index contributed by atoms with van der Waals surface area (Å²) in [5.74, 6) is -2.06. The molecule has 17 heavy (non-hydrogen) atoms. The molecule has 0 saturated carbocycles. The molecule has 0 saturated heterocycles. The second kappa shape index (κ2) is 5.11. The molecule has 1 rings (SSSR count). The topological polar surface area (TPSA) is 96.2 Å². The molecular weight excluding hydrogens is 252 g/mol. The van der Waals surface area contributed by atoms with Crippen LogP contribution >= 0.6 is 11.6 Å². The smallest absolute Gasteiger partial charge is 0.337 e. The van der Waals surface area contributed by atoms with Gasteiger partial charge in [-0.05, 0) is 0 Å². The Hall–Kier alpha value is -1.66. The Balaban J connectivity index is 3.53. The van der Waals surface area contributed by atoms with Gasteiger partial charge in [0.1, 0.15) is 5.75 Å². The minimum Gasteiger partial charge on any atom is -0.506 e. The number of phenols is 1. The summed E-state index contributed by atoms with van der Waals surface area (Å²) >= 11 is 5.69. The van der Waals surface area contributed by atoms with Crippen molar-refractivity contribution in [3.8, 4) is 17.2 Å². The maximum Gasteiger partial charge on any atom is 0.337 e. The molecular formula is C10H11ClO6. The van der Waals surface area contributed by atoms with Crippen LogP contribution in [0.1, 0.15) is 11.7 Å². The average molecular weight is 263 g/mol. The lowest BCUT2D eigenvalue weighted by Gasteiger charge is -2.17. The lowest BCUT2D eigenvalue weighted by atomic mass is 10.1. The molecule has 0 aromatic heterocycles. The molecule has 0 radical (unpaired) electrons. The first-order chi connectivity index (χ1) is 7.93. The quantitative estimate of drug-likeness (QED) is 0.754. The molecule has 0 amide bonds. The number of aliphatic hydroxyl groups is 1. The van der Waals surface area contributed by atoms with E-state index in [-0.39, 0.29) is 22.1 Å². The third-order valence-corrected chi connectivity index (χ3v) is 2.43. The zero-order valence-corrected chi connectivity index (χ0v) is 9.85. The maximum absolute atomic E-state index is 10.7. The van der Waals surface area contributed by atoms with Gasteiger partial charge in [-0.1, -0.05) is 11.6 Å². The number of aromatic hydroxyl groups is 1. The first kappa shape index (κ1) is 13.4. The van der Waals surface area contributed by atoms with E-state index in [4.69, 9.17) is 26.2 Å². The Bertz CT molecular complexity index is 445. The van der Waals surface area contributed by atoms with Crippen molar-refractivity contribution in [1.29, 1.82) is 0 Å². The predicted molar refractivity (Wildman–Crippen MR) is 58.8 cm³/mol. The highest BCUT2D eigenvalue weighted by Gasteiger charge is 2.28. The number of rotatable bonds is 4. The van der Waals surface area contributed by atoms with E-state index < -0.39 is 17.8 Å². The summed E-state index contributed by atoms with van der Waals surface area (Å²) in [5, 5.41) is 27.7. The monoisotopic (exact) mass is 262 g/mol. The number of carboxylic acid groups (broad SMARTS) is 1. The number of phenolic OH excluding ortho intramolecular Hbond substituents is 1. The van der Waals surface area contributed by atoms with Crippen molar-refractivity contribution in [2.45, 2.75) is 6.10 Å². The van der Waals surface area contributed by atoms with Crippen LogP contribution in [-0.4, -0.2) is 35.5 Å². The number of carbonyl (C=O) groups is 1. The van der Waals surface area contributed by atoms with E-state index in [9.17, 15) is 15.0 Å². The van der Waals surface area contributed by atoms with Crippen molar-refractivity contribution < 1.29 is 29.6 Å². The van der Waals surface area contributed by atoms with E-state index >= 15 is 0 Å². The van der Waals surface area contributed by atoms with Crippen LogP contribution in [0, 0.1) is 0 Å². The Labute approximate surface area is 102 Å². The fourth-order valence-electron chi connectivity index (χ4n) is 1.36. The molecule has 0 heterocycles. The Morgan fingerprint density at radius 1 is 1.41 bits per heavy atom. The highest BCUT2D eigenvalue weighted by molar-refractivity contribution is 6.32. The summed E-state index contributed by atoms with van der Waals surface area (Å²) < 4.78 is 9.83. The van der Waals surface area contributed by atoms with Gasteiger partial charge < -0.3 is 24.8 Å². The largest absolute Gasteiger partial charge is 0.506 e. The molecule has 0 aliphatic heterocycles. The number of ether oxygens (including phenoxy) is 2. The molecule has 1 unspecified atom stereocenters. The number of carboxylic acids is 1. The average Bonchev–Trinajstić information content (AvgIpc) is 2.30. The van der Waals surface area contributed by atoms with Crippen molar-refractivity contribution in [2.75, 3.05) is 14.2 Å². The summed E-state index contributed by atoms with van der Waals surface area (Å²) in [6, 6.07) is 1.26. The van der Waals surface area contributed by atoms with Gasteiger partial charge in [0.2, 0.25) is 0 Å². The van der Waals surface area contributed by atoms with Crippen LogP contribution in [0.2, 0.25) is 5.02 Å². The van der Waals surface area contributed by atoms with Crippen LogP contribution in [0.4, 0.5) is 0 Å².